The van der Waals surface area contributed by atoms with Gasteiger partial charge in [0.2, 0.25) is 11.8 Å². The number of imidazole rings is 1. The molecule has 0 aliphatic carbocycles. The van der Waals surface area contributed by atoms with Crippen LogP contribution < -0.4 is 16.7 Å². The van der Waals surface area contributed by atoms with E-state index in [0.717, 1.165) is 37.0 Å². The van der Waals surface area contributed by atoms with Crippen LogP contribution in [0.1, 0.15) is 29.2 Å². The summed E-state index contributed by atoms with van der Waals surface area (Å²) < 4.78 is 1.84. The van der Waals surface area contributed by atoms with E-state index in [-0.39, 0.29) is 24.2 Å². The van der Waals surface area contributed by atoms with Gasteiger partial charge in [-0.25, -0.2) is 4.79 Å². The van der Waals surface area contributed by atoms with Crippen LogP contribution in [0.15, 0.2) is 53.3 Å². The van der Waals surface area contributed by atoms with Crippen molar-refractivity contribution in [1.29, 1.82) is 0 Å². The number of fused-ring (bicyclic) bond motifs is 1. The quantitative estimate of drug-likeness (QED) is 0.612. The monoisotopic (exact) mass is 393 g/mol. The molecule has 0 saturated carbocycles. The number of carbonyl (C=O) groups excluding carboxylic acids is 2. The Hall–Kier alpha value is -3.39. The summed E-state index contributed by atoms with van der Waals surface area (Å²) in [5, 5.41) is 2.83. The van der Waals surface area contributed by atoms with Gasteiger partial charge >= 0.3 is 5.69 Å². The minimum atomic E-state index is -0.500. The molecule has 0 radical (unpaired) electrons. The molecule has 0 atom stereocenters. The summed E-state index contributed by atoms with van der Waals surface area (Å²) in [5.41, 5.74) is 7.94. The number of amides is 2. The van der Waals surface area contributed by atoms with Gasteiger partial charge in [0, 0.05) is 30.4 Å². The van der Waals surface area contributed by atoms with E-state index >= 15 is 0 Å². The minimum Gasteiger partial charge on any atom is -0.366 e. The van der Waals surface area contributed by atoms with Gasteiger partial charge in [-0.2, -0.15) is 0 Å². The number of carbonyl (C=O) groups is 2. The van der Waals surface area contributed by atoms with E-state index in [1.165, 1.54) is 0 Å². The van der Waals surface area contributed by atoms with Crippen molar-refractivity contribution in [3.8, 4) is 0 Å². The van der Waals surface area contributed by atoms with Gasteiger partial charge < -0.3 is 16.0 Å². The van der Waals surface area contributed by atoms with E-state index in [1.807, 2.05) is 28.8 Å². The van der Waals surface area contributed by atoms with Crippen molar-refractivity contribution in [3.63, 3.8) is 0 Å². The van der Waals surface area contributed by atoms with Crippen molar-refractivity contribution in [2.45, 2.75) is 18.9 Å². The van der Waals surface area contributed by atoms with Crippen LogP contribution in [0, 0.1) is 0 Å². The van der Waals surface area contributed by atoms with Crippen LogP contribution >= 0.6 is 0 Å². The molecule has 0 unspecified atom stereocenters. The summed E-state index contributed by atoms with van der Waals surface area (Å²) in [7, 11) is 0. The van der Waals surface area contributed by atoms with E-state index in [9.17, 15) is 14.4 Å². The van der Waals surface area contributed by atoms with Crippen LogP contribution in [0.3, 0.4) is 0 Å². The highest BCUT2D eigenvalue weighted by Crippen LogP contribution is 2.24. The molecule has 1 aromatic heterocycles. The van der Waals surface area contributed by atoms with Gasteiger partial charge in [-0.05, 0) is 49.2 Å². The van der Waals surface area contributed by atoms with Crippen LogP contribution in [-0.2, 0) is 4.79 Å². The van der Waals surface area contributed by atoms with E-state index in [4.69, 9.17) is 5.73 Å². The lowest BCUT2D eigenvalue weighted by Gasteiger charge is -2.32. The normalized spacial score (nSPS) is 15.4. The van der Waals surface area contributed by atoms with Gasteiger partial charge in [0.15, 0.2) is 0 Å². The number of nitrogens with two attached hydrogens (primary N) is 1. The molecule has 4 N–H and O–H groups in total. The maximum absolute atomic E-state index is 12.4. The van der Waals surface area contributed by atoms with Gasteiger partial charge in [-0.1, -0.05) is 12.1 Å². The third kappa shape index (κ3) is 4.07. The summed E-state index contributed by atoms with van der Waals surface area (Å²) in [6.45, 7) is 1.77. The molecule has 1 saturated heterocycles. The second-order valence-corrected chi connectivity index (χ2v) is 7.31. The van der Waals surface area contributed by atoms with E-state index in [1.54, 1.807) is 24.3 Å². The number of nitrogens with one attached hydrogen (secondary N) is 2. The molecule has 3 aromatic rings. The maximum Gasteiger partial charge on any atom is 0.326 e. The number of nitrogens with zero attached hydrogens (tertiary/aromatic N) is 2. The van der Waals surface area contributed by atoms with Gasteiger partial charge in [0.25, 0.3) is 0 Å². The Labute approximate surface area is 167 Å². The number of rotatable bonds is 5. The number of H-pyrrole nitrogens is 1. The number of hydrogen-bond donors (Lipinski definition) is 3. The van der Waals surface area contributed by atoms with Gasteiger partial charge in [0.1, 0.15) is 0 Å². The predicted molar refractivity (Wildman–Crippen MR) is 111 cm³/mol. The highest BCUT2D eigenvalue weighted by atomic mass is 16.2. The number of piperidine rings is 1. The molecule has 0 spiro atoms. The summed E-state index contributed by atoms with van der Waals surface area (Å²) in [4.78, 5) is 40.8. The SMILES string of the molecule is NC(=O)c1ccc(NC(=O)CN2CCC(n3c(=O)[nH]c4ccccc43)CC2)cc1. The molecule has 2 aromatic carbocycles. The fourth-order valence-electron chi connectivity index (χ4n) is 3.89. The Balaban J connectivity index is 1.33. The molecule has 2 amide bonds. The zero-order chi connectivity index (χ0) is 20.4. The molecule has 8 heteroatoms. The molecule has 150 valence electrons. The van der Waals surface area contributed by atoms with Crippen LogP contribution in [0.25, 0.3) is 11.0 Å². The first-order chi connectivity index (χ1) is 14.0. The maximum atomic E-state index is 12.4. The van der Waals surface area contributed by atoms with Gasteiger partial charge in [-0.15, -0.1) is 0 Å². The highest BCUT2D eigenvalue weighted by Gasteiger charge is 2.24. The molecule has 2 heterocycles. The van der Waals surface area contributed by atoms with Crippen molar-refractivity contribution in [3.05, 3.63) is 64.6 Å². The molecule has 8 nitrogen and oxygen atoms in total. The standard InChI is InChI=1S/C21H23N5O3/c22-20(28)14-5-7-15(8-6-14)23-19(27)13-25-11-9-16(10-12-25)26-18-4-2-1-3-17(18)24-21(26)29/h1-8,16H,9-13H2,(H2,22,28)(H,23,27)(H,24,29). The highest BCUT2D eigenvalue weighted by molar-refractivity contribution is 5.95. The van der Waals surface area contributed by atoms with Crippen molar-refractivity contribution >= 4 is 28.5 Å². The first kappa shape index (κ1) is 18.9. The summed E-state index contributed by atoms with van der Waals surface area (Å²) in [6.07, 6.45) is 1.62. The van der Waals surface area contributed by atoms with E-state index in [2.05, 4.69) is 15.2 Å². The third-order valence-corrected chi connectivity index (χ3v) is 5.37. The molecule has 29 heavy (non-hydrogen) atoms. The molecule has 1 aliphatic rings. The fourth-order valence-corrected chi connectivity index (χ4v) is 3.89. The Morgan fingerprint density at radius 1 is 1.07 bits per heavy atom. The zero-order valence-electron chi connectivity index (χ0n) is 15.9. The van der Waals surface area contributed by atoms with Crippen molar-refractivity contribution < 1.29 is 9.59 Å². The number of benzene rings is 2. The second kappa shape index (κ2) is 7.92. The van der Waals surface area contributed by atoms with Crippen LogP contribution in [0.2, 0.25) is 0 Å². The predicted octanol–water partition coefficient (Wildman–Crippen LogP) is 1.70. The lowest BCUT2D eigenvalue weighted by atomic mass is 10.0. The number of likely N-dealkylation sites (tertiary alicyclic amines) is 1. The van der Waals surface area contributed by atoms with Gasteiger partial charge in [0.05, 0.1) is 17.6 Å². The number of primary amides is 1. The fraction of sp³-hybridized carbons (Fsp3) is 0.286. The summed E-state index contributed by atoms with van der Waals surface area (Å²) in [5.74, 6) is -0.611. The van der Waals surface area contributed by atoms with Crippen molar-refractivity contribution in [1.82, 2.24) is 14.5 Å². The molecule has 1 aliphatic heterocycles. The second-order valence-electron chi connectivity index (χ2n) is 7.31. The van der Waals surface area contributed by atoms with Crippen LogP contribution in [-0.4, -0.2) is 45.9 Å². The Bertz CT molecular complexity index is 1090. The Morgan fingerprint density at radius 3 is 2.45 bits per heavy atom. The third-order valence-electron chi connectivity index (χ3n) is 5.37. The van der Waals surface area contributed by atoms with Gasteiger partial charge in [-0.3, -0.25) is 19.1 Å². The molecular formula is C21H23N5O3. The number of hydrogen-bond acceptors (Lipinski definition) is 4. The largest absolute Gasteiger partial charge is 0.366 e. The number of aromatic nitrogens is 2. The summed E-state index contributed by atoms with van der Waals surface area (Å²) >= 11 is 0. The van der Waals surface area contributed by atoms with E-state index in [0.29, 0.717) is 11.3 Å². The topological polar surface area (TPSA) is 113 Å². The van der Waals surface area contributed by atoms with Crippen LogP contribution in [0.4, 0.5) is 5.69 Å². The molecule has 4 rings (SSSR count). The van der Waals surface area contributed by atoms with Crippen molar-refractivity contribution in [2.24, 2.45) is 5.73 Å². The average Bonchev–Trinajstić information content (AvgIpc) is 3.04. The van der Waals surface area contributed by atoms with Crippen molar-refractivity contribution in [2.75, 3.05) is 25.0 Å². The first-order valence-electron chi connectivity index (χ1n) is 9.62. The summed E-state index contributed by atoms with van der Waals surface area (Å²) in [6, 6.07) is 14.3. The Morgan fingerprint density at radius 2 is 1.76 bits per heavy atom. The van der Waals surface area contributed by atoms with Crippen LogP contribution in [0.5, 0.6) is 0 Å². The first-order valence-corrected chi connectivity index (χ1v) is 9.62. The average molecular weight is 393 g/mol. The van der Waals surface area contributed by atoms with E-state index < -0.39 is 5.91 Å². The molecule has 0 bridgehead atoms. The smallest absolute Gasteiger partial charge is 0.326 e. The minimum absolute atomic E-state index is 0.0817. The number of anilines is 1. The zero-order valence-corrected chi connectivity index (χ0v) is 15.9. The lowest BCUT2D eigenvalue weighted by Crippen LogP contribution is -2.41. The number of para-hydroxylation sites is 2. The number of aromatic amines is 1. The molecular weight excluding hydrogens is 370 g/mol. The lowest BCUT2D eigenvalue weighted by molar-refractivity contribution is -0.117. The Kier molecular flexibility index (Phi) is 5.18. The molecule has 1 fully saturated rings.